The lowest BCUT2D eigenvalue weighted by atomic mass is 9.90. The third-order valence-corrected chi connectivity index (χ3v) is 5.92. The van der Waals surface area contributed by atoms with E-state index in [0.29, 0.717) is 17.0 Å². The monoisotopic (exact) mass is 384 g/mol. The molecule has 0 radical (unpaired) electrons. The number of anilines is 1. The van der Waals surface area contributed by atoms with Gasteiger partial charge in [0, 0.05) is 13.1 Å². The maximum Gasteiger partial charge on any atom is 0.282 e. The molecule has 0 unspecified atom stereocenters. The van der Waals surface area contributed by atoms with Crippen LogP contribution in [0.25, 0.3) is 16.6 Å². The number of fused-ring (bicyclic) bond motifs is 2. The van der Waals surface area contributed by atoms with Crippen LogP contribution in [-0.2, 0) is 6.42 Å². The summed E-state index contributed by atoms with van der Waals surface area (Å²) in [5.41, 5.74) is 3.67. The van der Waals surface area contributed by atoms with Crippen LogP contribution in [0.1, 0.15) is 24.0 Å². The first-order valence-electron chi connectivity index (χ1n) is 10.3. The second-order valence-electron chi connectivity index (χ2n) is 8.02. The van der Waals surface area contributed by atoms with Crippen molar-refractivity contribution in [3.8, 4) is 0 Å². The average molecular weight is 384 g/mol. The molecule has 3 heterocycles. The smallest absolute Gasteiger partial charge is 0.282 e. The largest absolute Gasteiger partial charge is 0.355 e. The lowest BCUT2D eigenvalue weighted by molar-refractivity contribution is 0.401. The first-order valence-corrected chi connectivity index (χ1v) is 10.3. The Hall–Kier alpha value is -3.21. The second kappa shape index (κ2) is 7.32. The molecule has 146 valence electrons. The summed E-state index contributed by atoms with van der Waals surface area (Å²) in [6.07, 6.45) is 3.41. The molecular weight excluding hydrogens is 360 g/mol. The van der Waals surface area contributed by atoms with Gasteiger partial charge in [0.25, 0.3) is 5.56 Å². The highest BCUT2D eigenvalue weighted by atomic mass is 16.1. The van der Waals surface area contributed by atoms with Gasteiger partial charge >= 0.3 is 0 Å². The molecule has 5 heteroatoms. The Kier molecular flexibility index (Phi) is 4.51. The lowest BCUT2D eigenvalue weighted by Crippen LogP contribution is -2.35. The number of aryl methyl sites for hydroxylation is 1. The summed E-state index contributed by atoms with van der Waals surface area (Å²) in [4.78, 5) is 19.9. The zero-order chi connectivity index (χ0) is 19.8. The minimum atomic E-state index is -0.102. The fraction of sp³-hybridized carbons (Fsp3) is 0.292. The van der Waals surface area contributed by atoms with Crippen molar-refractivity contribution >= 4 is 22.4 Å². The molecular formula is C24H24N4O. The van der Waals surface area contributed by atoms with Gasteiger partial charge in [0.1, 0.15) is 5.82 Å². The van der Waals surface area contributed by atoms with E-state index in [1.54, 1.807) is 0 Å². The Labute approximate surface area is 169 Å². The van der Waals surface area contributed by atoms with Gasteiger partial charge in [-0.1, -0.05) is 42.0 Å². The molecule has 2 aromatic carbocycles. The van der Waals surface area contributed by atoms with E-state index < -0.39 is 0 Å². The van der Waals surface area contributed by atoms with E-state index in [4.69, 9.17) is 0 Å². The van der Waals surface area contributed by atoms with Gasteiger partial charge in [0.05, 0.1) is 10.9 Å². The van der Waals surface area contributed by atoms with Crippen LogP contribution < -0.4 is 10.5 Å². The van der Waals surface area contributed by atoms with Gasteiger partial charge in [-0.2, -0.15) is 4.52 Å². The van der Waals surface area contributed by atoms with Crippen LogP contribution in [0.2, 0.25) is 0 Å². The summed E-state index contributed by atoms with van der Waals surface area (Å²) >= 11 is 0. The fourth-order valence-electron chi connectivity index (χ4n) is 4.28. The Balaban J connectivity index is 1.39. The normalized spacial score (nSPS) is 15.3. The Morgan fingerprint density at radius 1 is 1.00 bits per heavy atom. The summed E-state index contributed by atoms with van der Waals surface area (Å²) in [7, 11) is 0. The van der Waals surface area contributed by atoms with Crippen LogP contribution in [0.3, 0.4) is 0 Å². The van der Waals surface area contributed by atoms with Crippen LogP contribution >= 0.6 is 0 Å². The maximum absolute atomic E-state index is 13.0. The van der Waals surface area contributed by atoms with Crippen molar-refractivity contribution < 1.29 is 0 Å². The summed E-state index contributed by atoms with van der Waals surface area (Å²) in [6, 6.07) is 20.4. The first kappa shape index (κ1) is 17.9. The number of benzene rings is 2. The zero-order valence-corrected chi connectivity index (χ0v) is 16.6. The molecule has 0 spiro atoms. The van der Waals surface area contributed by atoms with Gasteiger partial charge in [0.2, 0.25) is 0 Å². The third kappa shape index (κ3) is 3.48. The summed E-state index contributed by atoms with van der Waals surface area (Å²) in [6.45, 7) is 3.91. The molecule has 1 saturated heterocycles. The van der Waals surface area contributed by atoms with Crippen molar-refractivity contribution in [3.05, 3.63) is 82.1 Å². The Morgan fingerprint density at radius 2 is 1.79 bits per heavy atom. The molecule has 0 aliphatic carbocycles. The summed E-state index contributed by atoms with van der Waals surface area (Å²) in [5, 5.41) is 5.27. The molecule has 0 atom stereocenters. The molecule has 0 amide bonds. The molecule has 0 N–H and O–H groups in total. The van der Waals surface area contributed by atoms with Crippen molar-refractivity contribution in [1.82, 2.24) is 14.6 Å². The SMILES string of the molecule is Cc1ccc2nc3ccc(N4CCC(Cc5ccccc5)CC4)nn3c(=O)c2c1. The fourth-order valence-corrected chi connectivity index (χ4v) is 4.28. The second-order valence-corrected chi connectivity index (χ2v) is 8.02. The predicted molar refractivity (Wildman–Crippen MR) is 117 cm³/mol. The van der Waals surface area contributed by atoms with Gasteiger partial charge in [-0.05, 0) is 61.9 Å². The standard InChI is InChI=1S/C24H24N4O/c1-17-7-8-21-20(15-17)24(29)28-22(25-21)9-10-23(26-28)27-13-11-19(12-14-27)16-18-5-3-2-4-6-18/h2-10,15,19H,11-14,16H2,1H3. The maximum atomic E-state index is 13.0. The number of nitrogens with zero attached hydrogens (tertiary/aromatic N) is 4. The highest BCUT2D eigenvalue weighted by Gasteiger charge is 2.21. The van der Waals surface area contributed by atoms with Gasteiger partial charge < -0.3 is 4.90 Å². The third-order valence-electron chi connectivity index (χ3n) is 5.92. The van der Waals surface area contributed by atoms with Gasteiger partial charge in [0.15, 0.2) is 5.65 Å². The zero-order valence-electron chi connectivity index (χ0n) is 16.6. The quantitative estimate of drug-likeness (QED) is 0.501. The molecule has 0 bridgehead atoms. The van der Waals surface area contributed by atoms with Crippen LogP contribution in [0.4, 0.5) is 5.82 Å². The number of hydrogen-bond donors (Lipinski definition) is 0. The van der Waals surface area contributed by atoms with Crippen molar-refractivity contribution in [2.75, 3.05) is 18.0 Å². The average Bonchev–Trinajstić information content (AvgIpc) is 2.76. The molecule has 0 saturated carbocycles. The van der Waals surface area contributed by atoms with E-state index >= 15 is 0 Å². The van der Waals surface area contributed by atoms with Gasteiger partial charge in [-0.25, -0.2) is 4.98 Å². The highest BCUT2D eigenvalue weighted by Crippen LogP contribution is 2.25. The Bertz CT molecular complexity index is 1220. The van der Waals surface area contributed by atoms with Crippen LogP contribution in [-0.4, -0.2) is 27.7 Å². The van der Waals surface area contributed by atoms with E-state index in [0.717, 1.165) is 49.2 Å². The van der Waals surface area contributed by atoms with E-state index in [9.17, 15) is 4.79 Å². The van der Waals surface area contributed by atoms with Crippen LogP contribution in [0.15, 0.2) is 65.5 Å². The van der Waals surface area contributed by atoms with Crippen molar-refractivity contribution in [1.29, 1.82) is 0 Å². The van der Waals surface area contributed by atoms with Gasteiger partial charge in [-0.15, -0.1) is 5.10 Å². The van der Waals surface area contributed by atoms with Crippen molar-refractivity contribution in [3.63, 3.8) is 0 Å². The minimum absolute atomic E-state index is 0.102. The predicted octanol–water partition coefficient (Wildman–Crippen LogP) is 4.01. The molecule has 1 aliphatic heterocycles. The lowest BCUT2D eigenvalue weighted by Gasteiger charge is -2.32. The number of hydrogen-bond acceptors (Lipinski definition) is 4. The first-order chi connectivity index (χ1) is 14.2. The number of piperidine rings is 1. The van der Waals surface area contributed by atoms with Crippen molar-refractivity contribution in [2.45, 2.75) is 26.2 Å². The highest BCUT2D eigenvalue weighted by molar-refractivity contribution is 5.80. The van der Waals surface area contributed by atoms with Crippen LogP contribution in [0.5, 0.6) is 0 Å². The van der Waals surface area contributed by atoms with E-state index in [1.165, 1.54) is 10.1 Å². The molecule has 1 aliphatic rings. The van der Waals surface area contributed by atoms with E-state index in [-0.39, 0.29) is 5.56 Å². The van der Waals surface area contributed by atoms with E-state index in [2.05, 4.69) is 45.3 Å². The Morgan fingerprint density at radius 3 is 2.59 bits per heavy atom. The minimum Gasteiger partial charge on any atom is -0.355 e. The van der Waals surface area contributed by atoms with E-state index in [1.807, 2.05) is 37.3 Å². The molecule has 2 aromatic heterocycles. The summed E-state index contributed by atoms with van der Waals surface area (Å²) in [5.74, 6) is 1.55. The molecule has 29 heavy (non-hydrogen) atoms. The summed E-state index contributed by atoms with van der Waals surface area (Å²) < 4.78 is 1.45. The molecule has 1 fully saturated rings. The molecule has 4 aromatic rings. The number of aromatic nitrogens is 3. The van der Waals surface area contributed by atoms with Crippen LogP contribution in [0, 0.1) is 12.8 Å². The van der Waals surface area contributed by atoms with Crippen molar-refractivity contribution in [2.24, 2.45) is 5.92 Å². The molecule has 5 rings (SSSR count). The topological polar surface area (TPSA) is 50.5 Å². The number of rotatable bonds is 3. The van der Waals surface area contributed by atoms with Gasteiger partial charge in [-0.3, -0.25) is 4.79 Å². The molecule has 5 nitrogen and oxygen atoms in total.